The molecule has 0 amide bonds. The molecule has 0 radical (unpaired) electrons. The summed E-state index contributed by atoms with van der Waals surface area (Å²) in [5, 5.41) is 5.29. The smallest absolute Gasteiger partial charge is 0.159 e. The molecule has 0 saturated heterocycles. The van der Waals surface area contributed by atoms with Crippen molar-refractivity contribution in [2.45, 2.75) is 0 Å². The maximum Gasteiger partial charge on any atom is 0.159 e. The largest absolute Gasteiger partial charge is 0.456 e. The van der Waals surface area contributed by atoms with Crippen LogP contribution in [-0.4, -0.2) is 4.98 Å². The van der Waals surface area contributed by atoms with Crippen LogP contribution in [0.5, 0.6) is 0 Å². The fourth-order valence-electron chi connectivity index (χ4n) is 7.81. The molecule has 11 aromatic rings. The minimum Gasteiger partial charge on any atom is -0.456 e. The Morgan fingerprint density at radius 1 is 0.444 bits per heavy atom. The van der Waals surface area contributed by atoms with Crippen molar-refractivity contribution in [3.8, 4) is 32.8 Å². The fourth-order valence-corrected chi connectivity index (χ4v) is 8.93. The highest BCUT2D eigenvalue weighted by molar-refractivity contribution is 7.22. The van der Waals surface area contributed by atoms with Gasteiger partial charge in [0.2, 0.25) is 0 Å². The number of thiazole rings is 1. The molecule has 0 aliphatic rings. The van der Waals surface area contributed by atoms with Gasteiger partial charge >= 0.3 is 0 Å². The molecule has 0 atom stereocenters. The average Bonchev–Trinajstić information content (AvgIpc) is 3.96. The van der Waals surface area contributed by atoms with Gasteiger partial charge in [-0.2, -0.15) is 0 Å². The van der Waals surface area contributed by atoms with Crippen LogP contribution in [0, 0.1) is 0 Å². The van der Waals surface area contributed by atoms with Crippen molar-refractivity contribution in [3.05, 3.63) is 182 Å². The van der Waals surface area contributed by atoms with Crippen molar-refractivity contribution >= 4 is 82.5 Å². The quantitative estimate of drug-likeness (QED) is 0.172. The van der Waals surface area contributed by atoms with Crippen LogP contribution in [-0.2, 0) is 0 Å². The number of hydrogen-bond donors (Lipinski definition) is 0. The summed E-state index contributed by atoms with van der Waals surface area (Å²) in [7, 11) is 0. The molecule has 254 valence electrons. The van der Waals surface area contributed by atoms with Gasteiger partial charge in [-0.25, -0.2) is 4.98 Å². The highest BCUT2D eigenvalue weighted by Gasteiger charge is 2.23. The van der Waals surface area contributed by atoms with Crippen LogP contribution in [0.3, 0.4) is 0 Å². The Morgan fingerprint density at radius 3 is 1.87 bits per heavy atom. The first-order valence-electron chi connectivity index (χ1n) is 18.0. The standard InChI is InChI=1S/C49H30N2O2S/c1-4-13-31(14-5-1)36-25-23-34(29-39(36)32-15-6-2-7-16-32)51(35-24-27-44-40(30-35)37-19-10-11-22-43(37)52-44)42-21-12-20-38-46-45(53-47(38)42)28-26-41-48(46)54-49(50-41)33-17-8-3-9-18-33/h1-30H. The lowest BCUT2D eigenvalue weighted by molar-refractivity contribution is 0.669. The van der Waals surface area contributed by atoms with E-state index in [2.05, 4.69) is 169 Å². The first kappa shape index (κ1) is 30.7. The Bertz CT molecular complexity index is 3160. The van der Waals surface area contributed by atoms with Gasteiger partial charge < -0.3 is 13.7 Å². The summed E-state index contributed by atoms with van der Waals surface area (Å²) < 4.78 is 14.3. The van der Waals surface area contributed by atoms with Crippen molar-refractivity contribution in [2.24, 2.45) is 0 Å². The highest BCUT2D eigenvalue weighted by atomic mass is 32.1. The van der Waals surface area contributed by atoms with Crippen molar-refractivity contribution in [1.82, 2.24) is 4.98 Å². The molecule has 0 aliphatic heterocycles. The van der Waals surface area contributed by atoms with Crippen LogP contribution < -0.4 is 4.90 Å². The zero-order chi connectivity index (χ0) is 35.6. The summed E-state index contributed by atoms with van der Waals surface area (Å²) in [6.07, 6.45) is 0. The molecule has 8 aromatic carbocycles. The summed E-state index contributed by atoms with van der Waals surface area (Å²) in [6, 6.07) is 63.7. The Kier molecular flexibility index (Phi) is 7.00. The predicted molar refractivity (Wildman–Crippen MR) is 225 cm³/mol. The third-order valence-electron chi connectivity index (χ3n) is 10.3. The van der Waals surface area contributed by atoms with Crippen LogP contribution in [0.25, 0.3) is 86.9 Å². The van der Waals surface area contributed by atoms with Gasteiger partial charge in [0.15, 0.2) is 5.58 Å². The van der Waals surface area contributed by atoms with E-state index in [1.165, 1.54) is 11.1 Å². The highest BCUT2D eigenvalue weighted by Crippen LogP contribution is 2.47. The molecular formula is C49H30N2O2S. The molecule has 3 aromatic heterocycles. The number of para-hydroxylation sites is 2. The van der Waals surface area contributed by atoms with Crippen LogP contribution in [0.4, 0.5) is 17.1 Å². The predicted octanol–water partition coefficient (Wildman–Crippen LogP) is 14.6. The van der Waals surface area contributed by atoms with Gasteiger partial charge in [-0.1, -0.05) is 127 Å². The second-order valence-corrected chi connectivity index (χ2v) is 14.5. The lowest BCUT2D eigenvalue weighted by Gasteiger charge is -2.27. The molecule has 11 rings (SSSR count). The lowest BCUT2D eigenvalue weighted by atomic mass is 9.93. The molecule has 0 saturated carbocycles. The molecule has 5 heteroatoms. The van der Waals surface area contributed by atoms with E-state index in [0.29, 0.717) is 0 Å². The van der Waals surface area contributed by atoms with Gasteiger partial charge in [0.1, 0.15) is 21.8 Å². The molecule has 0 unspecified atom stereocenters. The Balaban J connectivity index is 1.18. The molecule has 3 heterocycles. The summed E-state index contributed by atoms with van der Waals surface area (Å²) >= 11 is 1.71. The number of rotatable bonds is 6. The Hall–Kier alpha value is -6.95. The summed E-state index contributed by atoms with van der Waals surface area (Å²) in [4.78, 5) is 7.38. The molecule has 0 spiro atoms. The molecule has 0 aliphatic carbocycles. The van der Waals surface area contributed by atoms with Gasteiger partial charge in [-0.15, -0.1) is 11.3 Å². The molecule has 0 fully saturated rings. The molecule has 0 N–H and O–H groups in total. The van der Waals surface area contributed by atoms with Gasteiger partial charge in [-0.05, 0) is 76.9 Å². The van der Waals surface area contributed by atoms with Crippen molar-refractivity contribution in [1.29, 1.82) is 0 Å². The summed E-state index contributed by atoms with van der Waals surface area (Å²) in [5.74, 6) is 0. The Labute approximate surface area is 314 Å². The van der Waals surface area contributed by atoms with Crippen molar-refractivity contribution in [3.63, 3.8) is 0 Å². The number of aromatic nitrogens is 1. The molecule has 0 bridgehead atoms. The van der Waals surface area contributed by atoms with E-state index in [4.69, 9.17) is 13.8 Å². The van der Waals surface area contributed by atoms with Gasteiger partial charge in [-0.3, -0.25) is 0 Å². The third kappa shape index (κ3) is 4.94. The van der Waals surface area contributed by atoms with Gasteiger partial charge in [0.05, 0.1) is 15.9 Å². The van der Waals surface area contributed by atoms with E-state index >= 15 is 0 Å². The minimum atomic E-state index is 0.820. The van der Waals surface area contributed by atoms with E-state index in [1.54, 1.807) is 11.3 Å². The topological polar surface area (TPSA) is 42.4 Å². The van der Waals surface area contributed by atoms with Gasteiger partial charge in [0.25, 0.3) is 0 Å². The first-order chi connectivity index (χ1) is 26.8. The SMILES string of the molecule is c1ccc(-c2nc3ccc4oc5c(N(c6ccc(-c7ccccc7)c(-c7ccccc7)c6)c6ccc7oc8ccccc8c7c6)cccc5c4c3s2)cc1. The van der Waals surface area contributed by atoms with Crippen LogP contribution in [0.15, 0.2) is 191 Å². The summed E-state index contributed by atoms with van der Waals surface area (Å²) in [5.41, 5.74) is 13.1. The zero-order valence-corrected chi connectivity index (χ0v) is 29.8. The fraction of sp³-hybridized carbons (Fsp3) is 0. The zero-order valence-electron chi connectivity index (χ0n) is 28.9. The second kappa shape index (κ2) is 12.3. The number of benzene rings is 8. The molecular weight excluding hydrogens is 681 g/mol. The van der Waals surface area contributed by atoms with Crippen LogP contribution in [0.1, 0.15) is 0 Å². The lowest BCUT2D eigenvalue weighted by Crippen LogP contribution is -2.10. The van der Waals surface area contributed by atoms with E-state index in [0.717, 1.165) is 92.9 Å². The molecule has 54 heavy (non-hydrogen) atoms. The number of hydrogen-bond acceptors (Lipinski definition) is 5. The van der Waals surface area contributed by atoms with E-state index in [-0.39, 0.29) is 0 Å². The maximum absolute atomic E-state index is 6.90. The summed E-state index contributed by atoms with van der Waals surface area (Å²) in [6.45, 7) is 0. The first-order valence-corrected chi connectivity index (χ1v) is 18.8. The van der Waals surface area contributed by atoms with Crippen molar-refractivity contribution in [2.75, 3.05) is 4.90 Å². The number of nitrogens with zero attached hydrogens (tertiary/aromatic N) is 2. The Morgan fingerprint density at radius 2 is 1.07 bits per heavy atom. The average molecular weight is 711 g/mol. The van der Waals surface area contributed by atoms with E-state index in [9.17, 15) is 0 Å². The van der Waals surface area contributed by atoms with Crippen LogP contribution in [0.2, 0.25) is 0 Å². The second-order valence-electron chi connectivity index (χ2n) is 13.5. The molecule has 4 nitrogen and oxygen atoms in total. The van der Waals surface area contributed by atoms with E-state index < -0.39 is 0 Å². The van der Waals surface area contributed by atoms with E-state index in [1.807, 2.05) is 18.2 Å². The maximum atomic E-state index is 6.90. The number of anilines is 3. The van der Waals surface area contributed by atoms with Crippen LogP contribution >= 0.6 is 11.3 Å². The van der Waals surface area contributed by atoms with Crippen molar-refractivity contribution < 1.29 is 8.83 Å². The normalized spacial score (nSPS) is 11.7. The number of furan rings is 2. The monoisotopic (exact) mass is 710 g/mol. The number of fused-ring (bicyclic) bond motifs is 8. The minimum absolute atomic E-state index is 0.820. The third-order valence-corrected chi connectivity index (χ3v) is 11.4. The van der Waals surface area contributed by atoms with Gasteiger partial charge in [0, 0.05) is 38.5 Å².